The molecule has 1 nitrogen and oxygen atoms in total. The second-order valence-corrected chi connectivity index (χ2v) is 5.69. The molecule has 16 heavy (non-hydrogen) atoms. The molecule has 0 bridgehead atoms. The van der Waals surface area contributed by atoms with Crippen LogP contribution in [0.2, 0.25) is 5.02 Å². The molecular weight excluding hydrogens is 220 g/mol. The molecule has 0 radical (unpaired) electrons. The van der Waals surface area contributed by atoms with Gasteiger partial charge >= 0.3 is 0 Å². The fourth-order valence-corrected chi connectivity index (χ4v) is 2.67. The molecule has 0 aliphatic heterocycles. The monoisotopic (exact) mass is 236 g/mol. The number of benzene rings is 1. The van der Waals surface area contributed by atoms with E-state index in [9.17, 15) is 5.11 Å². The molecule has 1 N–H and O–H groups in total. The summed E-state index contributed by atoms with van der Waals surface area (Å²) in [6.07, 6.45) is 3.37. The molecule has 1 aliphatic carbocycles. The number of aliphatic hydroxyl groups excluding tert-OH is 1. The Hall–Kier alpha value is -0.790. The van der Waals surface area contributed by atoms with E-state index in [2.05, 4.69) is 13.8 Å². The molecule has 86 valence electrons. The third-order valence-electron chi connectivity index (χ3n) is 3.04. The maximum absolute atomic E-state index is 9.85. The number of hydrogen-bond donors (Lipinski definition) is 1. The van der Waals surface area contributed by atoms with Crippen LogP contribution in [0.1, 0.15) is 32.3 Å². The number of rotatable bonds is 1. The second kappa shape index (κ2) is 4.23. The van der Waals surface area contributed by atoms with E-state index in [-0.39, 0.29) is 11.5 Å². The molecular formula is C14H17ClO. The Morgan fingerprint density at radius 3 is 2.62 bits per heavy atom. The molecule has 0 saturated heterocycles. The molecule has 0 aromatic heterocycles. The summed E-state index contributed by atoms with van der Waals surface area (Å²) in [5.74, 6) is 0. The van der Waals surface area contributed by atoms with Crippen LogP contribution >= 0.6 is 11.6 Å². The van der Waals surface area contributed by atoms with E-state index in [0.29, 0.717) is 0 Å². The lowest BCUT2D eigenvalue weighted by molar-refractivity contribution is 0.146. The highest BCUT2D eigenvalue weighted by Crippen LogP contribution is 2.41. The quantitative estimate of drug-likeness (QED) is 0.784. The van der Waals surface area contributed by atoms with Crippen molar-refractivity contribution in [3.8, 4) is 0 Å². The van der Waals surface area contributed by atoms with Gasteiger partial charge in [-0.15, -0.1) is 0 Å². The van der Waals surface area contributed by atoms with Gasteiger partial charge in [0.05, 0.1) is 6.10 Å². The maximum atomic E-state index is 9.85. The van der Waals surface area contributed by atoms with E-state index in [1.54, 1.807) is 0 Å². The van der Waals surface area contributed by atoms with Gasteiger partial charge < -0.3 is 5.11 Å². The molecule has 1 aliphatic rings. The Kier molecular flexibility index (Phi) is 3.09. The Morgan fingerprint density at radius 2 is 2.00 bits per heavy atom. The molecule has 1 aromatic rings. The summed E-state index contributed by atoms with van der Waals surface area (Å²) in [5, 5.41) is 10.6. The molecule has 2 rings (SSSR count). The summed E-state index contributed by atoms with van der Waals surface area (Å²) < 4.78 is 0. The van der Waals surface area contributed by atoms with Crippen LogP contribution < -0.4 is 0 Å². The Bertz CT molecular complexity index is 420. The molecule has 0 fully saturated rings. The number of aliphatic hydroxyl groups is 1. The fourth-order valence-electron chi connectivity index (χ4n) is 2.41. The second-order valence-electron chi connectivity index (χ2n) is 5.28. The topological polar surface area (TPSA) is 20.2 Å². The van der Waals surface area contributed by atoms with Gasteiger partial charge in [0.2, 0.25) is 0 Å². The summed E-state index contributed by atoms with van der Waals surface area (Å²) in [4.78, 5) is 0. The smallest absolute Gasteiger partial charge is 0.0732 e. The van der Waals surface area contributed by atoms with Crippen LogP contribution in [-0.4, -0.2) is 11.2 Å². The van der Waals surface area contributed by atoms with E-state index < -0.39 is 0 Å². The first kappa shape index (κ1) is 11.7. The maximum Gasteiger partial charge on any atom is 0.0732 e. The third kappa shape index (κ3) is 2.47. The van der Waals surface area contributed by atoms with Crippen molar-refractivity contribution in [1.29, 1.82) is 0 Å². The molecule has 1 aromatic carbocycles. The molecule has 0 heterocycles. The van der Waals surface area contributed by atoms with Crippen LogP contribution in [0.4, 0.5) is 0 Å². The first-order valence-electron chi connectivity index (χ1n) is 5.62. The van der Waals surface area contributed by atoms with E-state index >= 15 is 0 Å². The van der Waals surface area contributed by atoms with E-state index in [1.165, 1.54) is 0 Å². The van der Waals surface area contributed by atoms with Crippen molar-refractivity contribution in [2.75, 3.05) is 0 Å². The predicted octanol–water partition coefficient (Wildman–Crippen LogP) is 3.90. The highest BCUT2D eigenvalue weighted by atomic mass is 35.5. The SMILES string of the molecule is CC1(C)CC(c2ccccc2Cl)=CC(O)C1. The highest BCUT2D eigenvalue weighted by molar-refractivity contribution is 6.32. The van der Waals surface area contributed by atoms with Gasteiger partial charge in [-0.2, -0.15) is 0 Å². The molecule has 0 amide bonds. The van der Waals surface area contributed by atoms with Crippen molar-refractivity contribution in [1.82, 2.24) is 0 Å². The Balaban J connectivity index is 2.38. The van der Waals surface area contributed by atoms with Gasteiger partial charge in [-0.25, -0.2) is 0 Å². The van der Waals surface area contributed by atoms with Gasteiger partial charge in [0, 0.05) is 5.02 Å². The van der Waals surface area contributed by atoms with Gasteiger partial charge in [0.25, 0.3) is 0 Å². The zero-order chi connectivity index (χ0) is 11.8. The Labute approximate surface area is 102 Å². The first-order valence-corrected chi connectivity index (χ1v) is 5.99. The lowest BCUT2D eigenvalue weighted by atomic mass is 9.74. The summed E-state index contributed by atoms with van der Waals surface area (Å²) in [5.41, 5.74) is 2.35. The minimum Gasteiger partial charge on any atom is -0.389 e. The zero-order valence-corrected chi connectivity index (χ0v) is 10.5. The molecule has 0 spiro atoms. The van der Waals surface area contributed by atoms with Gasteiger partial charge in [-0.1, -0.05) is 49.7 Å². The summed E-state index contributed by atoms with van der Waals surface area (Å²) in [6.45, 7) is 4.36. The van der Waals surface area contributed by atoms with Crippen molar-refractivity contribution in [3.05, 3.63) is 40.9 Å². The van der Waals surface area contributed by atoms with Crippen molar-refractivity contribution in [3.63, 3.8) is 0 Å². The van der Waals surface area contributed by atoms with E-state index in [4.69, 9.17) is 11.6 Å². The van der Waals surface area contributed by atoms with E-state index in [0.717, 1.165) is 29.0 Å². The molecule has 2 heteroatoms. The average Bonchev–Trinajstić information content (AvgIpc) is 2.15. The predicted molar refractivity (Wildman–Crippen MR) is 68.5 cm³/mol. The summed E-state index contributed by atoms with van der Waals surface area (Å²) in [7, 11) is 0. The number of hydrogen-bond acceptors (Lipinski definition) is 1. The largest absolute Gasteiger partial charge is 0.389 e. The number of halogens is 1. The summed E-state index contributed by atoms with van der Waals surface area (Å²) in [6, 6.07) is 7.82. The van der Waals surface area contributed by atoms with Crippen LogP contribution in [0.25, 0.3) is 5.57 Å². The molecule has 0 saturated carbocycles. The van der Waals surface area contributed by atoms with Gasteiger partial charge in [0.1, 0.15) is 0 Å². The minimum absolute atomic E-state index is 0.142. The minimum atomic E-state index is -0.352. The lowest BCUT2D eigenvalue weighted by Crippen LogP contribution is -2.24. The zero-order valence-electron chi connectivity index (χ0n) is 9.70. The van der Waals surface area contributed by atoms with Crippen LogP contribution in [0.3, 0.4) is 0 Å². The Morgan fingerprint density at radius 1 is 1.31 bits per heavy atom. The summed E-state index contributed by atoms with van der Waals surface area (Å²) >= 11 is 6.18. The van der Waals surface area contributed by atoms with E-state index in [1.807, 2.05) is 30.3 Å². The fraction of sp³-hybridized carbons (Fsp3) is 0.429. The molecule has 1 unspecified atom stereocenters. The lowest BCUT2D eigenvalue weighted by Gasteiger charge is -2.33. The van der Waals surface area contributed by atoms with Crippen LogP contribution in [0, 0.1) is 5.41 Å². The van der Waals surface area contributed by atoms with Gasteiger partial charge in [-0.05, 0) is 35.5 Å². The molecule has 1 atom stereocenters. The van der Waals surface area contributed by atoms with Crippen molar-refractivity contribution < 1.29 is 5.11 Å². The van der Waals surface area contributed by atoms with Crippen molar-refractivity contribution in [2.24, 2.45) is 5.41 Å². The van der Waals surface area contributed by atoms with Gasteiger partial charge in [0.15, 0.2) is 0 Å². The van der Waals surface area contributed by atoms with Crippen LogP contribution in [0.5, 0.6) is 0 Å². The normalized spacial score (nSPS) is 24.0. The van der Waals surface area contributed by atoms with Crippen molar-refractivity contribution in [2.45, 2.75) is 32.8 Å². The number of allylic oxidation sites excluding steroid dienone is 1. The average molecular weight is 237 g/mol. The van der Waals surface area contributed by atoms with Crippen molar-refractivity contribution >= 4 is 17.2 Å². The van der Waals surface area contributed by atoms with Gasteiger partial charge in [-0.3, -0.25) is 0 Å². The first-order chi connectivity index (χ1) is 7.48. The van der Waals surface area contributed by atoms with Crippen LogP contribution in [-0.2, 0) is 0 Å². The van der Waals surface area contributed by atoms with Crippen LogP contribution in [0.15, 0.2) is 30.3 Å². The highest BCUT2D eigenvalue weighted by Gasteiger charge is 2.28. The standard InChI is InChI=1S/C14H17ClO/c1-14(2)8-10(7-11(16)9-14)12-5-3-4-6-13(12)15/h3-7,11,16H,8-9H2,1-2H3. The third-order valence-corrected chi connectivity index (χ3v) is 3.37.